The minimum Gasteiger partial charge on any atom is -0.333 e. The van der Waals surface area contributed by atoms with Gasteiger partial charge in [0.15, 0.2) is 0 Å². The molecule has 2 heterocycles. The third-order valence-corrected chi connectivity index (χ3v) is 4.14. The molecule has 0 atom stereocenters. The van der Waals surface area contributed by atoms with Crippen LogP contribution in [-0.4, -0.2) is 21.2 Å². The van der Waals surface area contributed by atoms with Crippen molar-refractivity contribution in [3.63, 3.8) is 0 Å². The summed E-state index contributed by atoms with van der Waals surface area (Å²) >= 11 is 3.37. The molecule has 0 spiro atoms. The highest BCUT2D eigenvalue weighted by Crippen LogP contribution is 2.35. The Balaban J connectivity index is 2.06. The first-order chi connectivity index (χ1) is 10.0. The Bertz CT molecular complexity index is 751. The molecule has 21 heavy (non-hydrogen) atoms. The molecule has 1 aliphatic rings. The standard InChI is InChI=1S/C15H14BrN3O2/c1-3-18-8-17-6-11(18)7-19-13-9(2)4-10(16)5-12(13)14(20)15(19)21/h4-6,8H,3,7H2,1-2H3. The van der Waals surface area contributed by atoms with Crippen LogP contribution in [0.4, 0.5) is 5.69 Å². The number of fused-ring (bicyclic) bond motifs is 1. The van der Waals surface area contributed by atoms with E-state index < -0.39 is 11.7 Å². The molecule has 0 bridgehead atoms. The molecular formula is C15H14BrN3O2. The number of aryl methyl sites for hydroxylation is 2. The Hall–Kier alpha value is -1.95. The minimum atomic E-state index is -0.477. The van der Waals surface area contributed by atoms with Crippen molar-refractivity contribution in [3.05, 3.63) is 46.0 Å². The van der Waals surface area contributed by atoms with Gasteiger partial charge >= 0.3 is 0 Å². The van der Waals surface area contributed by atoms with Crippen LogP contribution in [0.5, 0.6) is 0 Å². The van der Waals surface area contributed by atoms with Gasteiger partial charge in [-0.05, 0) is 31.5 Å². The Morgan fingerprint density at radius 3 is 2.76 bits per heavy atom. The van der Waals surface area contributed by atoms with Gasteiger partial charge in [0.2, 0.25) is 0 Å². The number of hydrogen-bond acceptors (Lipinski definition) is 3. The van der Waals surface area contributed by atoms with Crippen LogP contribution in [0.2, 0.25) is 0 Å². The number of Topliss-reactive ketones (excluding diaryl/α,β-unsaturated/α-hetero) is 1. The van der Waals surface area contributed by atoms with E-state index in [0.29, 0.717) is 17.8 Å². The molecule has 0 N–H and O–H groups in total. The highest BCUT2D eigenvalue weighted by atomic mass is 79.9. The van der Waals surface area contributed by atoms with E-state index in [1.165, 1.54) is 0 Å². The third kappa shape index (κ3) is 2.19. The molecule has 0 saturated carbocycles. The lowest BCUT2D eigenvalue weighted by Crippen LogP contribution is -2.30. The summed E-state index contributed by atoms with van der Waals surface area (Å²) in [5.74, 6) is -0.924. The monoisotopic (exact) mass is 347 g/mol. The number of ketones is 1. The summed E-state index contributed by atoms with van der Waals surface area (Å²) < 4.78 is 2.77. The maximum atomic E-state index is 12.3. The summed E-state index contributed by atoms with van der Waals surface area (Å²) in [6.07, 6.45) is 3.46. The number of carbonyl (C=O) groups is 2. The van der Waals surface area contributed by atoms with E-state index >= 15 is 0 Å². The van der Waals surface area contributed by atoms with Crippen molar-refractivity contribution < 1.29 is 9.59 Å². The van der Waals surface area contributed by atoms with E-state index in [-0.39, 0.29) is 0 Å². The van der Waals surface area contributed by atoms with Crippen LogP contribution in [0.25, 0.3) is 0 Å². The van der Waals surface area contributed by atoms with Crippen molar-refractivity contribution in [1.82, 2.24) is 9.55 Å². The summed E-state index contributed by atoms with van der Waals surface area (Å²) in [5, 5.41) is 0. The van der Waals surface area contributed by atoms with Gasteiger partial charge in [-0.15, -0.1) is 0 Å². The Morgan fingerprint density at radius 2 is 2.05 bits per heavy atom. The van der Waals surface area contributed by atoms with Gasteiger partial charge in [0, 0.05) is 17.2 Å². The van der Waals surface area contributed by atoms with Gasteiger partial charge in [0.05, 0.1) is 29.8 Å². The third-order valence-electron chi connectivity index (χ3n) is 3.68. The highest BCUT2D eigenvalue weighted by molar-refractivity contribution is 9.10. The molecule has 2 aromatic rings. The van der Waals surface area contributed by atoms with Crippen LogP contribution in [0.3, 0.4) is 0 Å². The highest BCUT2D eigenvalue weighted by Gasteiger charge is 2.37. The van der Waals surface area contributed by atoms with Crippen LogP contribution < -0.4 is 4.90 Å². The summed E-state index contributed by atoms with van der Waals surface area (Å²) in [4.78, 5) is 30.1. The molecule has 0 unspecified atom stereocenters. The zero-order valence-electron chi connectivity index (χ0n) is 11.8. The molecule has 1 aromatic carbocycles. The number of carbonyl (C=O) groups excluding carboxylic acids is 2. The molecule has 0 aliphatic carbocycles. The first-order valence-electron chi connectivity index (χ1n) is 6.68. The topological polar surface area (TPSA) is 55.2 Å². The smallest absolute Gasteiger partial charge is 0.299 e. The molecule has 0 radical (unpaired) electrons. The second-order valence-electron chi connectivity index (χ2n) is 5.01. The van der Waals surface area contributed by atoms with Crippen molar-refractivity contribution in [2.45, 2.75) is 26.9 Å². The molecule has 3 rings (SSSR count). The molecular weight excluding hydrogens is 334 g/mol. The van der Waals surface area contributed by atoms with Gasteiger partial charge in [-0.2, -0.15) is 0 Å². The number of amides is 1. The van der Waals surface area contributed by atoms with Crippen LogP contribution in [-0.2, 0) is 17.9 Å². The molecule has 108 valence electrons. The van der Waals surface area contributed by atoms with Gasteiger partial charge in [-0.25, -0.2) is 4.98 Å². The Morgan fingerprint density at radius 1 is 1.29 bits per heavy atom. The zero-order valence-corrected chi connectivity index (χ0v) is 13.3. The van der Waals surface area contributed by atoms with Gasteiger partial charge in [-0.1, -0.05) is 15.9 Å². The summed E-state index contributed by atoms with van der Waals surface area (Å²) in [6.45, 7) is 5.05. The Kier molecular flexibility index (Phi) is 3.41. The van der Waals surface area contributed by atoms with E-state index in [0.717, 1.165) is 22.3 Å². The van der Waals surface area contributed by atoms with Crippen molar-refractivity contribution in [3.8, 4) is 0 Å². The Labute approximate surface area is 130 Å². The summed E-state index contributed by atoms with van der Waals surface area (Å²) in [6, 6.07) is 3.62. The van der Waals surface area contributed by atoms with E-state index in [4.69, 9.17) is 0 Å². The van der Waals surface area contributed by atoms with E-state index in [9.17, 15) is 9.59 Å². The lowest BCUT2D eigenvalue weighted by Gasteiger charge is -2.19. The predicted octanol–water partition coefficient (Wildman–Crippen LogP) is 2.70. The average molecular weight is 348 g/mol. The number of benzene rings is 1. The largest absolute Gasteiger partial charge is 0.333 e. The second-order valence-corrected chi connectivity index (χ2v) is 5.93. The zero-order chi connectivity index (χ0) is 15.1. The molecule has 5 nitrogen and oxygen atoms in total. The van der Waals surface area contributed by atoms with Crippen LogP contribution in [0, 0.1) is 6.92 Å². The number of aromatic nitrogens is 2. The summed E-state index contributed by atoms with van der Waals surface area (Å²) in [5.41, 5.74) is 2.99. The maximum absolute atomic E-state index is 12.3. The molecule has 0 fully saturated rings. The molecule has 0 saturated heterocycles. The van der Waals surface area contributed by atoms with Crippen molar-refractivity contribution in [1.29, 1.82) is 0 Å². The molecule has 1 aliphatic heterocycles. The van der Waals surface area contributed by atoms with Gasteiger partial charge < -0.3 is 4.57 Å². The minimum absolute atomic E-state index is 0.355. The van der Waals surface area contributed by atoms with Gasteiger partial charge in [-0.3, -0.25) is 14.5 Å². The van der Waals surface area contributed by atoms with Gasteiger partial charge in [0.25, 0.3) is 11.7 Å². The number of nitrogens with zero attached hydrogens (tertiary/aromatic N) is 3. The van der Waals surface area contributed by atoms with Crippen molar-refractivity contribution >= 4 is 33.3 Å². The SMILES string of the molecule is CCn1cncc1CN1C(=O)C(=O)c2cc(Br)cc(C)c21. The number of rotatable bonds is 3. The fourth-order valence-corrected chi connectivity index (χ4v) is 3.26. The number of hydrogen-bond donors (Lipinski definition) is 0. The van der Waals surface area contributed by atoms with Crippen LogP contribution in [0.15, 0.2) is 29.1 Å². The quantitative estimate of drug-likeness (QED) is 0.802. The second kappa shape index (κ2) is 5.11. The molecule has 6 heteroatoms. The average Bonchev–Trinajstić information content (AvgIpc) is 2.98. The van der Waals surface area contributed by atoms with Gasteiger partial charge in [0.1, 0.15) is 0 Å². The van der Waals surface area contributed by atoms with Crippen LogP contribution in [0.1, 0.15) is 28.5 Å². The predicted molar refractivity (Wildman–Crippen MR) is 82.3 cm³/mol. The lowest BCUT2D eigenvalue weighted by atomic mass is 10.1. The van der Waals surface area contributed by atoms with E-state index in [2.05, 4.69) is 20.9 Å². The number of anilines is 1. The van der Waals surface area contributed by atoms with E-state index in [1.807, 2.05) is 24.5 Å². The van der Waals surface area contributed by atoms with Crippen molar-refractivity contribution in [2.24, 2.45) is 0 Å². The fraction of sp³-hybridized carbons (Fsp3) is 0.267. The lowest BCUT2D eigenvalue weighted by molar-refractivity contribution is -0.114. The first-order valence-corrected chi connectivity index (χ1v) is 7.47. The van der Waals surface area contributed by atoms with E-state index in [1.54, 1.807) is 23.5 Å². The molecule has 1 aromatic heterocycles. The van der Waals surface area contributed by atoms with Crippen LogP contribution >= 0.6 is 15.9 Å². The molecule has 1 amide bonds. The summed E-state index contributed by atoms with van der Waals surface area (Å²) in [7, 11) is 0. The maximum Gasteiger partial charge on any atom is 0.299 e. The number of imidazole rings is 1. The van der Waals surface area contributed by atoms with Crippen molar-refractivity contribution in [2.75, 3.05) is 4.90 Å². The first kappa shape index (κ1) is 14.0. The normalized spacial score (nSPS) is 14.0. The number of halogens is 1. The fourth-order valence-electron chi connectivity index (χ4n) is 2.68.